The molecule has 0 N–H and O–H groups in total. The summed E-state index contributed by atoms with van der Waals surface area (Å²) in [6.45, 7) is 0. The Morgan fingerprint density at radius 1 is 1.11 bits per heavy atom. The molecule has 9 heteroatoms. The first-order valence-corrected chi connectivity index (χ1v) is 2.54. The molecule has 47 valence electrons. The van der Waals surface area contributed by atoms with Gasteiger partial charge < -0.3 is 0 Å². The molecule has 0 aliphatic carbocycles. The molecule has 0 unspecified atom stereocenters. The zero-order valence-corrected chi connectivity index (χ0v) is 12.6. The van der Waals surface area contributed by atoms with Crippen molar-refractivity contribution in [2.24, 2.45) is 0 Å². The van der Waals surface area contributed by atoms with Gasteiger partial charge in [0.25, 0.3) is 0 Å². The Balaban J connectivity index is -0.0000000133. The summed E-state index contributed by atoms with van der Waals surface area (Å²) < 4.78 is 34.3. The first kappa shape index (κ1) is 29.9. The van der Waals surface area contributed by atoms with Crippen molar-refractivity contribution in [3.63, 3.8) is 0 Å². The minimum atomic E-state index is -5.62. The first-order valence-electron chi connectivity index (χ1n) is 0.617. The third kappa shape index (κ3) is 112. The van der Waals surface area contributed by atoms with E-state index < -0.39 is 13.4 Å². The molecule has 0 amide bonds. The molecule has 0 radical (unpaired) electrons. The van der Waals surface area contributed by atoms with Crippen molar-refractivity contribution in [1.29, 1.82) is 0 Å². The molecule has 0 aromatic carbocycles. The van der Waals surface area contributed by atoms with Gasteiger partial charge in [-0.3, -0.25) is 0 Å². The van der Waals surface area contributed by atoms with Crippen molar-refractivity contribution < 1.29 is 112 Å². The number of hydrogen-bond donors (Lipinski definition) is 0. The first-order chi connectivity index (χ1) is 2.00. The molecule has 0 atom stereocenters. The molecule has 0 heterocycles. The van der Waals surface area contributed by atoms with Crippen LogP contribution in [0.15, 0.2) is 0 Å². The van der Waals surface area contributed by atoms with Gasteiger partial charge in [-0.15, -0.1) is 0 Å². The number of hydrogen-bond acceptors (Lipinski definition) is 4. The molecule has 0 aliphatic rings. The van der Waals surface area contributed by atoms with Crippen LogP contribution in [0.5, 0.6) is 0 Å². The molecule has 0 bridgehead atoms. The average molecular weight is 322 g/mol. The Hall–Kier alpha value is 2.68. The minimum absolute atomic E-state index is 0. The maximum Gasteiger partial charge on any atom is 2.00 e. The second kappa shape index (κ2) is 13.3. The van der Waals surface area contributed by atoms with Crippen molar-refractivity contribution in [2.45, 2.75) is 0 Å². The monoisotopic (exact) mass is 320 g/mol. The van der Waals surface area contributed by atoms with Crippen LogP contribution in [-0.4, -0.2) is 0 Å². The Labute approximate surface area is 110 Å². The van der Waals surface area contributed by atoms with Crippen LogP contribution in [0.3, 0.4) is 0 Å². The van der Waals surface area contributed by atoms with E-state index in [-0.39, 0.29) is 82.6 Å². The summed E-state index contributed by atoms with van der Waals surface area (Å²) in [5.41, 5.74) is 0. The van der Waals surface area contributed by atoms with E-state index in [4.69, 9.17) is 16.0 Å². The molecule has 0 aliphatic heterocycles. The van der Waals surface area contributed by atoms with Gasteiger partial charge in [0, 0.05) is 0 Å². The van der Waals surface area contributed by atoms with Gasteiger partial charge in [0.15, 0.2) is 0 Å². The SMILES string of the molecule is [Fe+2].[Na+].[Ni+2].[O]=[Mn](=[O])([O-])[O-].[Zn+2]. The fourth-order valence-corrected chi connectivity index (χ4v) is 0. The van der Waals surface area contributed by atoms with Crippen LogP contribution < -0.4 is 37.9 Å². The van der Waals surface area contributed by atoms with Crippen LogP contribution >= 0.6 is 0 Å². The van der Waals surface area contributed by atoms with Gasteiger partial charge in [-0.2, -0.15) is 0 Å². The summed E-state index contributed by atoms with van der Waals surface area (Å²) in [4.78, 5) is 0. The largest absolute Gasteiger partial charge is 2.00 e. The van der Waals surface area contributed by atoms with E-state index in [1.807, 2.05) is 0 Å². The second-order valence-electron chi connectivity index (χ2n) is 0.378. The van der Waals surface area contributed by atoms with Gasteiger partial charge >= 0.3 is 112 Å². The van der Waals surface area contributed by atoms with Crippen molar-refractivity contribution in [1.82, 2.24) is 0 Å². The van der Waals surface area contributed by atoms with Crippen molar-refractivity contribution in [2.75, 3.05) is 0 Å². The zero-order chi connectivity index (χ0) is 4.50. The second-order valence-corrected chi connectivity index (χ2v) is 1.56. The van der Waals surface area contributed by atoms with E-state index in [1.54, 1.807) is 0 Å². The van der Waals surface area contributed by atoms with E-state index in [0.29, 0.717) is 0 Å². The van der Waals surface area contributed by atoms with Gasteiger partial charge in [-0.25, -0.2) is 0 Å². The van der Waals surface area contributed by atoms with Crippen LogP contribution in [0.4, 0.5) is 0 Å². The average Bonchev–Trinajstić information content (AvgIpc) is 0.722. The summed E-state index contributed by atoms with van der Waals surface area (Å²) in [6, 6.07) is 0. The zero-order valence-electron chi connectivity index (χ0n) is 4.39. The predicted molar refractivity (Wildman–Crippen MR) is 1.37 cm³/mol. The van der Waals surface area contributed by atoms with Gasteiger partial charge in [-0.05, 0) is 0 Å². The maximum atomic E-state index is 8.58. The molecule has 0 rings (SSSR count). The maximum absolute atomic E-state index is 8.58. The molecular formula is FeMnNaNiO4Zn+5. The van der Waals surface area contributed by atoms with Crippen LogP contribution in [0.25, 0.3) is 0 Å². The normalized spacial score (nSPS) is 6.44. The smallest absolute Gasteiger partial charge is 2.00 e. The van der Waals surface area contributed by atoms with Gasteiger partial charge in [0.1, 0.15) is 0 Å². The summed E-state index contributed by atoms with van der Waals surface area (Å²) in [6.07, 6.45) is 0. The molecule has 0 spiro atoms. The Morgan fingerprint density at radius 2 is 1.11 bits per heavy atom. The van der Waals surface area contributed by atoms with Crippen LogP contribution in [-0.2, 0) is 74.1 Å². The van der Waals surface area contributed by atoms with Crippen LogP contribution in [0, 0.1) is 0 Å². The van der Waals surface area contributed by atoms with E-state index in [9.17, 15) is 0 Å². The summed E-state index contributed by atoms with van der Waals surface area (Å²) in [7, 11) is 0. The topological polar surface area (TPSA) is 80.3 Å². The quantitative estimate of drug-likeness (QED) is 0.417. The van der Waals surface area contributed by atoms with Crippen molar-refractivity contribution in [3.8, 4) is 0 Å². The fourth-order valence-electron chi connectivity index (χ4n) is 0. The molecule has 0 saturated carbocycles. The summed E-state index contributed by atoms with van der Waals surface area (Å²) >= 11 is -5.62. The molecule has 0 saturated heterocycles. The molecule has 4 nitrogen and oxygen atoms in total. The molecule has 0 fully saturated rings. The number of rotatable bonds is 0. The minimum Gasteiger partial charge on any atom is 2.00 e. The Kier molecular flexibility index (Phi) is 44.1. The van der Waals surface area contributed by atoms with Gasteiger partial charge in [0.2, 0.25) is 0 Å². The van der Waals surface area contributed by atoms with E-state index in [2.05, 4.69) is 0 Å². The predicted octanol–water partition coefficient (Wildman–Crippen LogP) is -5.62. The van der Waals surface area contributed by atoms with Crippen LogP contribution in [0.2, 0.25) is 0 Å². The van der Waals surface area contributed by atoms with Gasteiger partial charge in [-0.1, -0.05) is 0 Å². The fraction of sp³-hybridized carbons (Fsp3) is 0. The van der Waals surface area contributed by atoms with E-state index in [0.717, 1.165) is 0 Å². The van der Waals surface area contributed by atoms with Crippen molar-refractivity contribution >= 4 is 0 Å². The summed E-state index contributed by atoms with van der Waals surface area (Å²) in [5.74, 6) is 0. The van der Waals surface area contributed by atoms with Gasteiger partial charge in [0.05, 0.1) is 0 Å². The Bertz CT molecular complexity index is 104. The van der Waals surface area contributed by atoms with E-state index in [1.165, 1.54) is 0 Å². The van der Waals surface area contributed by atoms with E-state index >= 15 is 0 Å². The molecule has 0 aromatic heterocycles. The molecular weight excluding hydrogens is 322 g/mol. The molecule has 0 aromatic rings. The molecule has 9 heavy (non-hydrogen) atoms. The van der Waals surface area contributed by atoms with Crippen molar-refractivity contribution in [3.05, 3.63) is 0 Å². The third-order valence-corrected chi connectivity index (χ3v) is 0. The Morgan fingerprint density at radius 3 is 1.11 bits per heavy atom. The standard InChI is InChI=1S/Fe.Mn.Na.Ni.4O.Zn/q+2;;+1;+2;;;2*-1;+2. The summed E-state index contributed by atoms with van der Waals surface area (Å²) in [5, 5.41) is 0. The van der Waals surface area contributed by atoms with Crippen LogP contribution in [0.1, 0.15) is 0 Å². The third-order valence-electron chi connectivity index (χ3n) is 0.